The number of rotatable bonds is 3. The minimum absolute atomic E-state index is 0.177. The van der Waals surface area contributed by atoms with E-state index in [1.165, 1.54) is 0 Å². The molecule has 1 atom stereocenters. The van der Waals surface area contributed by atoms with E-state index in [0.29, 0.717) is 5.69 Å². The summed E-state index contributed by atoms with van der Waals surface area (Å²) >= 11 is 6.74. The molecule has 0 saturated carbocycles. The predicted octanol–water partition coefficient (Wildman–Crippen LogP) is 3.47. The molecule has 4 nitrogen and oxygen atoms in total. The molecule has 0 bridgehead atoms. The molecule has 0 spiro atoms. The third-order valence-corrected chi connectivity index (χ3v) is 3.65. The van der Waals surface area contributed by atoms with Crippen molar-refractivity contribution in [2.45, 2.75) is 26.0 Å². The molecule has 0 aliphatic rings. The standard InChI is InChI=1S/C12H13Br2N3O/c1-7(2)17-11(9(14)6-16-17)12(18)10-4-3-8(13)5-15-10/h3-7,12,18H,1-2H3. The zero-order valence-corrected chi connectivity index (χ0v) is 13.2. The highest BCUT2D eigenvalue weighted by molar-refractivity contribution is 9.10. The Kier molecular flexibility index (Phi) is 4.19. The fourth-order valence-electron chi connectivity index (χ4n) is 1.71. The van der Waals surface area contributed by atoms with Crippen molar-refractivity contribution >= 4 is 31.9 Å². The zero-order chi connectivity index (χ0) is 13.3. The molecule has 96 valence electrons. The number of hydrogen-bond donors (Lipinski definition) is 1. The summed E-state index contributed by atoms with van der Waals surface area (Å²) in [5.74, 6) is 0. The Bertz CT molecular complexity index is 537. The molecule has 2 aromatic rings. The molecule has 0 aromatic carbocycles. The summed E-state index contributed by atoms with van der Waals surface area (Å²) in [6.07, 6.45) is 2.57. The number of aliphatic hydroxyl groups excluding tert-OH is 1. The Hall–Kier alpha value is -0.720. The van der Waals surface area contributed by atoms with Crippen LogP contribution < -0.4 is 0 Å². The fourth-order valence-corrected chi connectivity index (χ4v) is 2.43. The average Bonchev–Trinajstić information content (AvgIpc) is 2.71. The van der Waals surface area contributed by atoms with E-state index in [0.717, 1.165) is 14.6 Å². The molecule has 0 aliphatic heterocycles. The molecule has 18 heavy (non-hydrogen) atoms. The van der Waals surface area contributed by atoms with Crippen LogP contribution in [0.5, 0.6) is 0 Å². The highest BCUT2D eigenvalue weighted by Crippen LogP contribution is 2.29. The van der Waals surface area contributed by atoms with Crippen LogP contribution >= 0.6 is 31.9 Å². The fraction of sp³-hybridized carbons (Fsp3) is 0.333. The van der Waals surface area contributed by atoms with Gasteiger partial charge in [0.25, 0.3) is 0 Å². The molecule has 0 saturated heterocycles. The topological polar surface area (TPSA) is 50.9 Å². The van der Waals surface area contributed by atoms with Crippen LogP contribution in [0.2, 0.25) is 0 Å². The second-order valence-electron chi connectivity index (χ2n) is 4.22. The van der Waals surface area contributed by atoms with Gasteiger partial charge in [0.05, 0.1) is 22.1 Å². The van der Waals surface area contributed by atoms with Crippen molar-refractivity contribution in [3.05, 3.63) is 44.9 Å². The highest BCUT2D eigenvalue weighted by atomic mass is 79.9. The lowest BCUT2D eigenvalue weighted by Gasteiger charge is -2.16. The van der Waals surface area contributed by atoms with Crippen LogP contribution in [0, 0.1) is 0 Å². The van der Waals surface area contributed by atoms with Crippen LogP contribution in [0.4, 0.5) is 0 Å². The lowest BCUT2D eigenvalue weighted by molar-refractivity contribution is 0.199. The lowest BCUT2D eigenvalue weighted by Crippen LogP contribution is -2.13. The van der Waals surface area contributed by atoms with Crippen molar-refractivity contribution < 1.29 is 5.11 Å². The number of aliphatic hydroxyl groups is 1. The molecule has 0 radical (unpaired) electrons. The summed E-state index contributed by atoms with van der Waals surface area (Å²) in [5.41, 5.74) is 1.32. The highest BCUT2D eigenvalue weighted by Gasteiger charge is 2.21. The van der Waals surface area contributed by atoms with Crippen LogP contribution in [-0.4, -0.2) is 19.9 Å². The molecule has 2 rings (SSSR count). The molecule has 1 N–H and O–H groups in total. The van der Waals surface area contributed by atoms with E-state index >= 15 is 0 Å². The molecular weight excluding hydrogens is 362 g/mol. The maximum absolute atomic E-state index is 10.4. The molecule has 0 amide bonds. The van der Waals surface area contributed by atoms with Gasteiger partial charge in [0.1, 0.15) is 6.10 Å². The van der Waals surface area contributed by atoms with Gasteiger partial charge in [0.2, 0.25) is 0 Å². The van der Waals surface area contributed by atoms with Gasteiger partial charge in [-0.2, -0.15) is 5.10 Å². The smallest absolute Gasteiger partial charge is 0.139 e. The third-order valence-electron chi connectivity index (χ3n) is 2.57. The van der Waals surface area contributed by atoms with Gasteiger partial charge in [-0.15, -0.1) is 0 Å². The normalized spacial score (nSPS) is 13.0. The van der Waals surface area contributed by atoms with Crippen LogP contribution in [0.25, 0.3) is 0 Å². The molecule has 0 fully saturated rings. The molecule has 2 aromatic heterocycles. The Labute approximate surface area is 122 Å². The lowest BCUT2D eigenvalue weighted by atomic mass is 10.1. The minimum Gasteiger partial charge on any atom is -0.380 e. The summed E-state index contributed by atoms with van der Waals surface area (Å²) < 4.78 is 3.46. The Morgan fingerprint density at radius 1 is 1.22 bits per heavy atom. The van der Waals surface area contributed by atoms with E-state index in [2.05, 4.69) is 41.9 Å². The van der Waals surface area contributed by atoms with Gasteiger partial charge >= 0.3 is 0 Å². The molecule has 6 heteroatoms. The van der Waals surface area contributed by atoms with E-state index in [1.54, 1.807) is 23.1 Å². The van der Waals surface area contributed by atoms with Gasteiger partial charge in [-0.1, -0.05) is 0 Å². The van der Waals surface area contributed by atoms with Crippen molar-refractivity contribution in [2.75, 3.05) is 0 Å². The quantitative estimate of drug-likeness (QED) is 0.894. The first kappa shape index (κ1) is 13.7. The first-order valence-electron chi connectivity index (χ1n) is 5.53. The van der Waals surface area contributed by atoms with Crippen LogP contribution in [0.15, 0.2) is 33.5 Å². The third kappa shape index (κ3) is 2.65. The second kappa shape index (κ2) is 5.50. The monoisotopic (exact) mass is 373 g/mol. The Morgan fingerprint density at radius 3 is 2.50 bits per heavy atom. The van der Waals surface area contributed by atoms with Gasteiger partial charge < -0.3 is 5.11 Å². The van der Waals surface area contributed by atoms with Gasteiger partial charge in [-0.3, -0.25) is 9.67 Å². The molecular formula is C12H13Br2N3O. The second-order valence-corrected chi connectivity index (χ2v) is 5.99. The summed E-state index contributed by atoms with van der Waals surface area (Å²) in [7, 11) is 0. The zero-order valence-electron chi connectivity index (χ0n) is 10.0. The van der Waals surface area contributed by atoms with Crippen molar-refractivity contribution in [2.24, 2.45) is 0 Å². The van der Waals surface area contributed by atoms with Crippen molar-refractivity contribution in [3.63, 3.8) is 0 Å². The Balaban J connectivity index is 2.42. The van der Waals surface area contributed by atoms with E-state index in [-0.39, 0.29) is 6.04 Å². The maximum Gasteiger partial charge on any atom is 0.139 e. The van der Waals surface area contributed by atoms with E-state index < -0.39 is 6.10 Å². The minimum atomic E-state index is -0.794. The molecule has 2 heterocycles. The summed E-state index contributed by atoms with van der Waals surface area (Å²) in [6, 6.07) is 3.82. The van der Waals surface area contributed by atoms with Gasteiger partial charge in [-0.25, -0.2) is 0 Å². The van der Waals surface area contributed by atoms with Crippen LogP contribution in [-0.2, 0) is 0 Å². The average molecular weight is 375 g/mol. The van der Waals surface area contributed by atoms with Crippen molar-refractivity contribution in [3.8, 4) is 0 Å². The summed E-state index contributed by atoms with van der Waals surface area (Å²) in [4.78, 5) is 4.22. The van der Waals surface area contributed by atoms with Crippen molar-refractivity contribution in [1.82, 2.24) is 14.8 Å². The number of nitrogens with zero attached hydrogens (tertiary/aromatic N) is 3. The first-order chi connectivity index (χ1) is 8.50. The predicted molar refractivity (Wildman–Crippen MR) is 76.3 cm³/mol. The largest absolute Gasteiger partial charge is 0.380 e. The molecule has 1 unspecified atom stereocenters. The summed E-state index contributed by atoms with van der Waals surface area (Å²) in [5, 5.41) is 14.7. The summed E-state index contributed by atoms with van der Waals surface area (Å²) in [6.45, 7) is 4.04. The van der Waals surface area contributed by atoms with Crippen molar-refractivity contribution in [1.29, 1.82) is 0 Å². The first-order valence-corrected chi connectivity index (χ1v) is 7.11. The SMILES string of the molecule is CC(C)n1ncc(Br)c1C(O)c1ccc(Br)cn1. The van der Waals surface area contributed by atoms with Gasteiger partial charge in [0.15, 0.2) is 0 Å². The number of hydrogen-bond acceptors (Lipinski definition) is 3. The number of pyridine rings is 1. The van der Waals surface area contributed by atoms with Crippen LogP contribution in [0.3, 0.4) is 0 Å². The molecule has 0 aliphatic carbocycles. The Morgan fingerprint density at radius 2 is 1.94 bits per heavy atom. The number of aromatic nitrogens is 3. The van der Waals surface area contributed by atoms with E-state index in [9.17, 15) is 5.11 Å². The van der Waals surface area contributed by atoms with Gasteiger partial charge in [-0.05, 0) is 57.8 Å². The maximum atomic E-state index is 10.4. The van der Waals surface area contributed by atoms with Crippen LogP contribution in [0.1, 0.15) is 37.4 Å². The van der Waals surface area contributed by atoms with Gasteiger partial charge in [0, 0.05) is 16.7 Å². The van der Waals surface area contributed by atoms with E-state index in [4.69, 9.17) is 0 Å². The number of halogens is 2. The van der Waals surface area contributed by atoms with E-state index in [1.807, 2.05) is 19.9 Å².